The third-order valence-corrected chi connectivity index (χ3v) is 5.28. The van der Waals surface area contributed by atoms with Crippen LogP contribution in [0.15, 0.2) is 48.8 Å². The molecule has 2 amide bonds. The lowest BCUT2D eigenvalue weighted by atomic mass is 10.0. The van der Waals surface area contributed by atoms with E-state index in [1.807, 2.05) is 6.07 Å². The van der Waals surface area contributed by atoms with Crippen molar-refractivity contribution in [2.45, 2.75) is 19.5 Å². The van der Waals surface area contributed by atoms with Crippen molar-refractivity contribution in [3.8, 4) is 0 Å². The number of nitrogens with one attached hydrogen (secondary N) is 2. The van der Waals surface area contributed by atoms with E-state index in [1.54, 1.807) is 18.5 Å². The van der Waals surface area contributed by atoms with Crippen molar-refractivity contribution in [2.75, 3.05) is 39.8 Å². The van der Waals surface area contributed by atoms with Gasteiger partial charge in [-0.1, -0.05) is 35.9 Å². The Morgan fingerprint density at radius 1 is 1.03 bits per heavy atom. The minimum absolute atomic E-state index is 0.0411. The zero-order valence-electron chi connectivity index (χ0n) is 17.1. The Morgan fingerprint density at radius 3 is 2.38 bits per heavy atom. The van der Waals surface area contributed by atoms with Crippen molar-refractivity contribution >= 4 is 11.8 Å². The highest BCUT2D eigenvalue weighted by Crippen LogP contribution is 2.22. The largest absolute Gasteiger partial charge is 0.346 e. The summed E-state index contributed by atoms with van der Waals surface area (Å²) in [4.78, 5) is 33.2. The van der Waals surface area contributed by atoms with Crippen LogP contribution in [0.3, 0.4) is 0 Å². The molecule has 1 atom stereocenters. The Hall–Kier alpha value is -2.77. The maximum Gasteiger partial charge on any atom is 0.309 e. The van der Waals surface area contributed by atoms with E-state index in [-0.39, 0.29) is 12.6 Å². The monoisotopic (exact) mass is 395 g/mol. The fraction of sp³-hybridized carbons (Fsp3) is 0.409. The first-order valence-corrected chi connectivity index (χ1v) is 9.97. The highest BCUT2D eigenvalue weighted by Gasteiger charge is 2.25. The van der Waals surface area contributed by atoms with Crippen LogP contribution in [0.25, 0.3) is 0 Å². The van der Waals surface area contributed by atoms with Gasteiger partial charge in [0.25, 0.3) is 0 Å². The van der Waals surface area contributed by atoms with Crippen LogP contribution in [0.2, 0.25) is 0 Å². The van der Waals surface area contributed by atoms with Crippen molar-refractivity contribution < 1.29 is 9.59 Å². The van der Waals surface area contributed by atoms with E-state index in [9.17, 15) is 9.59 Å². The fourth-order valence-corrected chi connectivity index (χ4v) is 3.41. The second kappa shape index (κ2) is 10.1. The molecule has 0 saturated carbocycles. The van der Waals surface area contributed by atoms with E-state index in [0.29, 0.717) is 6.54 Å². The number of carbonyl (C=O) groups excluding carboxylic acids is 2. The summed E-state index contributed by atoms with van der Waals surface area (Å²) in [5.41, 5.74) is 3.20. The molecule has 7 nitrogen and oxygen atoms in total. The molecule has 0 bridgehead atoms. The zero-order chi connectivity index (χ0) is 20.6. The molecule has 1 aliphatic heterocycles. The van der Waals surface area contributed by atoms with Gasteiger partial charge in [0, 0.05) is 51.7 Å². The van der Waals surface area contributed by atoms with Crippen LogP contribution >= 0.6 is 0 Å². The zero-order valence-corrected chi connectivity index (χ0v) is 17.1. The van der Waals surface area contributed by atoms with Crippen LogP contribution in [0.1, 0.15) is 22.7 Å². The number of pyridine rings is 1. The molecular weight excluding hydrogens is 366 g/mol. The van der Waals surface area contributed by atoms with Gasteiger partial charge in [-0.15, -0.1) is 0 Å². The number of likely N-dealkylation sites (N-methyl/N-ethyl adjacent to an activating group) is 1. The van der Waals surface area contributed by atoms with Crippen molar-refractivity contribution in [2.24, 2.45) is 0 Å². The molecule has 2 N–H and O–H groups in total. The summed E-state index contributed by atoms with van der Waals surface area (Å²) in [6.07, 6.45) is 3.33. The lowest BCUT2D eigenvalue weighted by molar-refractivity contribution is -0.139. The standard InChI is InChI=1S/C22H29N5O2/c1-17-5-7-19(8-6-17)20(27-12-10-26(2)11-13-27)16-25-22(29)21(28)24-15-18-4-3-9-23-14-18/h3-9,14,20H,10-13,15-16H2,1-2H3,(H,24,28)(H,25,29). The van der Waals surface area contributed by atoms with Gasteiger partial charge in [0.05, 0.1) is 6.04 Å². The molecule has 0 spiro atoms. The Bertz CT molecular complexity index is 802. The Balaban J connectivity index is 1.59. The Kier molecular flexibility index (Phi) is 7.32. The van der Waals surface area contributed by atoms with Gasteiger partial charge < -0.3 is 15.5 Å². The van der Waals surface area contributed by atoms with Gasteiger partial charge in [-0.25, -0.2) is 0 Å². The SMILES string of the molecule is Cc1ccc(C(CNC(=O)C(=O)NCc2cccnc2)N2CCN(C)CC2)cc1. The number of amides is 2. The molecule has 7 heteroatoms. The molecule has 29 heavy (non-hydrogen) atoms. The van der Waals surface area contributed by atoms with E-state index in [0.717, 1.165) is 37.3 Å². The highest BCUT2D eigenvalue weighted by atomic mass is 16.2. The summed E-state index contributed by atoms with van der Waals surface area (Å²) in [7, 11) is 2.12. The molecular formula is C22H29N5O2. The van der Waals surface area contributed by atoms with Gasteiger partial charge >= 0.3 is 11.8 Å². The minimum atomic E-state index is -0.630. The average molecular weight is 396 g/mol. The van der Waals surface area contributed by atoms with Gasteiger partial charge in [0.1, 0.15) is 0 Å². The van der Waals surface area contributed by atoms with E-state index in [2.05, 4.69) is 63.7 Å². The fourth-order valence-electron chi connectivity index (χ4n) is 3.41. The van der Waals surface area contributed by atoms with E-state index < -0.39 is 11.8 Å². The van der Waals surface area contributed by atoms with Gasteiger partial charge in [0.2, 0.25) is 0 Å². The molecule has 2 aromatic rings. The van der Waals surface area contributed by atoms with Crippen LogP contribution in [0.4, 0.5) is 0 Å². The first-order chi connectivity index (χ1) is 14.0. The normalized spacial score (nSPS) is 16.2. The third kappa shape index (κ3) is 6.10. The van der Waals surface area contributed by atoms with Crippen molar-refractivity contribution in [1.29, 1.82) is 0 Å². The first kappa shape index (κ1) is 21.0. The molecule has 0 radical (unpaired) electrons. The van der Waals surface area contributed by atoms with E-state index in [4.69, 9.17) is 0 Å². The second-order valence-electron chi connectivity index (χ2n) is 7.52. The average Bonchev–Trinajstić information content (AvgIpc) is 2.75. The molecule has 1 aromatic carbocycles. The van der Waals surface area contributed by atoms with Crippen LogP contribution in [-0.2, 0) is 16.1 Å². The summed E-state index contributed by atoms with van der Waals surface area (Å²) in [6, 6.07) is 12.1. The van der Waals surface area contributed by atoms with Crippen molar-refractivity contribution in [3.63, 3.8) is 0 Å². The molecule has 2 heterocycles. The smallest absolute Gasteiger partial charge is 0.309 e. The molecule has 1 saturated heterocycles. The lowest BCUT2D eigenvalue weighted by Crippen LogP contribution is -2.49. The van der Waals surface area contributed by atoms with Crippen molar-refractivity contribution in [1.82, 2.24) is 25.4 Å². The highest BCUT2D eigenvalue weighted by molar-refractivity contribution is 6.35. The predicted molar refractivity (Wildman–Crippen MR) is 112 cm³/mol. The predicted octanol–water partition coefficient (Wildman–Crippen LogP) is 1.11. The molecule has 1 fully saturated rings. The molecule has 154 valence electrons. The van der Waals surface area contributed by atoms with Crippen molar-refractivity contribution in [3.05, 3.63) is 65.5 Å². The number of benzene rings is 1. The van der Waals surface area contributed by atoms with Crippen LogP contribution in [0.5, 0.6) is 0 Å². The minimum Gasteiger partial charge on any atom is -0.346 e. The summed E-state index contributed by atoms with van der Waals surface area (Å²) in [6.45, 7) is 6.56. The number of carbonyl (C=O) groups is 2. The summed E-state index contributed by atoms with van der Waals surface area (Å²) in [5.74, 6) is -1.24. The summed E-state index contributed by atoms with van der Waals surface area (Å²) >= 11 is 0. The topological polar surface area (TPSA) is 77.6 Å². The van der Waals surface area contributed by atoms with Gasteiger partial charge in [-0.2, -0.15) is 0 Å². The number of aromatic nitrogens is 1. The maximum absolute atomic E-state index is 12.3. The Labute approximate surface area is 172 Å². The third-order valence-electron chi connectivity index (χ3n) is 5.28. The number of nitrogens with zero attached hydrogens (tertiary/aromatic N) is 3. The maximum atomic E-state index is 12.3. The van der Waals surface area contributed by atoms with E-state index >= 15 is 0 Å². The number of hydrogen-bond acceptors (Lipinski definition) is 5. The summed E-state index contributed by atoms with van der Waals surface area (Å²) in [5, 5.41) is 5.46. The van der Waals surface area contributed by atoms with E-state index in [1.165, 1.54) is 5.56 Å². The van der Waals surface area contributed by atoms with Gasteiger partial charge in [0.15, 0.2) is 0 Å². The quantitative estimate of drug-likeness (QED) is 0.717. The number of hydrogen-bond donors (Lipinski definition) is 2. The Morgan fingerprint density at radius 2 is 1.72 bits per heavy atom. The van der Waals surface area contributed by atoms with Crippen LogP contribution < -0.4 is 10.6 Å². The molecule has 3 rings (SSSR count). The number of rotatable bonds is 6. The molecule has 1 unspecified atom stereocenters. The first-order valence-electron chi connectivity index (χ1n) is 9.97. The molecule has 0 aliphatic carbocycles. The second-order valence-corrected chi connectivity index (χ2v) is 7.52. The molecule has 1 aromatic heterocycles. The number of piperazine rings is 1. The van der Waals surface area contributed by atoms with Gasteiger partial charge in [-0.05, 0) is 31.2 Å². The number of aryl methyl sites for hydroxylation is 1. The van der Waals surface area contributed by atoms with Gasteiger partial charge in [-0.3, -0.25) is 19.5 Å². The van der Waals surface area contributed by atoms with Crippen LogP contribution in [0, 0.1) is 6.92 Å². The molecule has 1 aliphatic rings. The lowest BCUT2D eigenvalue weighted by Gasteiger charge is -2.38. The summed E-state index contributed by atoms with van der Waals surface area (Å²) < 4.78 is 0. The van der Waals surface area contributed by atoms with Crippen LogP contribution in [-0.4, -0.2) is 66.4 Å².